The van der Waals surface area contributed by atoms with E-state index in [9.17, 15) is 4.39 Å². The van der Waals surface area contributed by atoms with Crippen LogP contribution in [0.1, 0.15) is 5.56 Å². The molecule has 0 unspecified atom stereocenters. The summed E-state index contributed by atoms with van der Waals surface area (Å²) in [6.45, 7) is 1.86. The molecule has 0 saturated carbocycles. The van der Waals surface area contributed by atoms with E-state index in [1.807, 2.05) is 6.92 Å². The highest BCUT2D eigenvalue weighted by Gasteiger charge is 2.05. The van der Waals surface area contributed by atoms with E-state index in [0.717, 1.165) is 5.56 Å². The van der Waals surface area contributed by atoms with Crippen LogP contribution in [0.4, 0.5) is 10.1 Å². The van der Waals surface area contributed by atoms with Gasteiger partial charge in [-0.15, -0.1) is 5.10 Å². The molecule has 1 aromatic heterocycles. The number of hydrogen-bond acceptors (Lipinski definition) is 4. The first kappa shape index (κ1) is 10.4. The average molecular weight is 219 g/mol. The molecule has 2 aromatic rings. The molecular weight excluding hydrogens is 209 g/mol. The molecule has 1 aromatic carbocycles. The van der Waals surface area contributed by atoms with E-state index in [4.69, 9.17) is 10.5 Å². The number of nitrogens with zero attached hydrogens (tertiary/aromatic N) is 2. The summed E-state index contributed by atoms with van der Waals surface area (Å²) in [5, 5.41) is 7.48. The van der Waals surface area contributed by atoms with Crippen LogP contribution >= 0.6 is 0 Å². The van der Waals surface area contributed by atoms with Gasteiger partial charge in [0.15, 0.2) is 5.75 Å². The van der Waals surface area contributed by atoms with Gasteiger partial charge in [0.05, 0.1) is 11.9 Å². The highest BCUT2D eigenvalue weighted by molar-refractivity contribution is 5.53. The third kappa shape index (κ3) is 2.25. The predicted octanol–water partition coefficient (Wildman–Crippen LogP) is 2.30. The second-order valence-electron chi connectivity index (χ2n) is 3.36. The first-order valence-electron chi connectivity index (χ1n) is 4.67. The second-order valence-corrected chi connectivity index (χ2v) is 3.36. The van der Waals surface area contributed by atoms with Crippen molar-refractivity contribution in [2.75, 3.05) is 5.73 Å². The van der Waals surface area contributed by atoms with E-state index < -0.39 is 5.82 Å². The summed E-state index contributed by atoms with van der Waals surface area (Å²) in [6, 6.07) is 5.61. The molecule has 2 N–H and O–H groups in total. The van der Waals surface area contributed by atoms with Crippen molar-refractivity contribution in [2.24, 2.45) is 0 Å². The number of hydrogen-bond donors (Lipinski definition) is 1. The van der Waals surface area contributed by atoms with Gasteiger partial charge in [0.25, 0.3) is 0 Å². The fraction of sp³-hybridized carbons (Fsp3) is 0.0909. The SMILES string of the molecule is Cc1cnnc(Oc2cc(F)ccc2N)c1. The van der Waals surface area contributed by atoms with Gasteiger partial charge in [-0.2, -0.15) is 5.10 Å². The van der Waals surface area contributed by atoms with Gasteiger partial charge in [0, 0.05) is 12.1 Å². The molecule has 4 nitrogen and oxygen atoms in total. The Morgan fingerprint density at radius 3 is 2.88 bits per heavy atom. The number of aromatic nitrogens is 2. The zero-order valence-corrected chi connectivity index (χ0v) is 8.64. The lowest BCUT2D eigenvalue weighted by atomic mass is 10.3. The van der Waals surface area contributed by atoms with Gasteiger partial charge < -0.3 is 10.5 Å². The molecule has 0 aliphatic heterocycles. The minimum absolute atomic E-state index is 0.236. The van der Waals surface area contributed by atoms with Crippen molar-refractivity contribution in [2.45, 2.75) is 6.92 Å². The van der Waals surface area contributed by atoms with E-state index in [1.165, 1.54) is 18.2 Å². The van der Waals surface area contributed by atoms with Gasteiger partial charge in [0.2, 0.25) is 5.88 Å². The van der Waals surface area contributed by atoms with Crippen LogP contribution in [0.2, 0.25) is 0 Å². The Morgan fingerprint density at radius 2 is 2.12 bits per heavy atom. The van der Waals surface area contributed by atoms with Gasteiger partial charge in [-0.3, -0.25) is 0 Å². The first-order chi connectivity index (χ1) is 7.65. The third-order valence-electron chi connectivity index (χ3n) is 1.96. The smallest absolute Gasteiger partial charge is 0.239 e. The van der Waals surface area contributed by atoms with Gasteiger partial charge in [0.1, 0.15) is 5.82 Å². The summed E-state index contributed by atoms with van der Waals surface area (Å²) in [4.78, 5) is 0. The molecule has 0 radical (unpaired) electrons. The Balaban J connectivity index is 2.30. The molecule has 5 heteroatoms. The van der Waals surface area contributed by atoms with E-state index in [2.05, 4.69) is 10.2 Å². The molecule has 0 fully saturated rings. The lowest BCUT2D eigenvalue weighted by molar-refractivity contribution is 0.452. The molecule has 0 aliphatic rings. The first-order valence-corrected chi connectivity index (χ1v) is 4.67. The fourth-order valence-corrected chi connectivity index (χ4v) is 1.20. The van der Waals surface area contributed by atoms with Crippen LogP contribution in [0.25, 0.3) is 0 Å². The molecule has 0 spiro atoms. The third-order valence-corrected chi connectivity index (χ3v) is 1.96. The van der Waals surface area contributed by atoms with Crippen molar-refractivity contribution in [3.8, 4) is 11.6 Å². The fourth-order valence-electron chi connectivity index (χ4n) is 1.20. The van der Waals surface area contributed by atoms with Crippen LogP contribution in [0.3, 0.4) is 0 Å². The maximum Gasteiger partial charge on any atom is 0.239 e. The molecular formula is C11H10FN3O. The quantitative estimate of drug-likeness (QED) is 0.787. The highest BCUT2D eigenvalue weighted by Crippen LogP contribution is 2.26. The standard InChI is InChI=1S/C11H10FN3O/c1-7-4-11(15-14-6-7)16-10-5-8(12)2-3-9(10)13/h2-6H,13H2,1H3. The monoisotopic (exact) mass is 219 g/mol. The van der Waals surface area contributed by atoms with Crippen molar-refractivity contribution >= 4 is 5.69 Å². The van der Waals surface area contributed by atoms with E-state index >= 15 is 0 Å². The molecule has 82 valence electrons. The van der Waals surface area contributed by atoms with Crippen molar-refractivity contribution in [3.05, 3.63) is 41.8 Å². The Bertz CT molecular complexity index is 516. The number of nitrogen functional groups attached to an aromatic ring is 1. The summed E-state index contributed by atoms with van der Waals surface area (Å²) in [5.74, 6) is 0.113. The number of anilines is 1. The number of benzene rings is 1. The molecule has 0 bridgehead atoms. The summed E-state index contributed by atoms with van der Waals surface area (Å²) in [6.07, 6.45) is 1.60. The van der Waals surface area contributed by atoms with Crippen LogP contribution in [-0.2, 0) is 0 Å². The zero-order chi connectivity index (χ0) is 11.5. The van der Waals surface area contributed by atoms with Crippen LogP contribution in [-0.4, -0.2) is 10.2 Å². The van der Waals surface area contributed by atoms with Crippen LogP contribution < -0.4 is 10.5 Å². The molecule has 0 amide bonds. The largest absolute Gasteiger partial charge is 0.435 e. The number of aryl methyl sites for hydroxylation is 1. The topological polar surface area (TPSA) is 61.0 Å². The molecule has 1 heterocycles. The van der Waals surface area contributed by atoms with Crippen molar-refractivity contribution in [3.63, 3.8) is 0 Å². The lowest BCUT2D eigenvalue weighted by Crippen LogP contribution is -1.95. The minimum Gasteiger partial charge on any atom is -0.435 e. The van der Waals surface area contributed by atoms with Crippen molar-refractivity contribution < 1.29 is 9.13 Å². The summed E-state index contributed by atoms with van der Waals surface area (Å²) in [5.41, 5.74) is 6.89. The molecule has 0 saturated heterocycles. The van der Waals surface area contributed by atoms with Gasteiger partial charge in [-0.05, 0) is 24.6 Å². The minimum atomic E-state index is -0.412. The summed E-state index contributed by atoms with van der Waals surface area (Å²) < 4.78 is 18.3. The second kappa shape index (κ2) is 4.14. The number of rotatable bonds is 2. The van der Waals surface area contributed by atoms with Crippen molar-refractivity contribution in [1.29, 1.82) is 0 Å². The summed E-state index contributed by atoms with van der Waals surface area (Å²) in [7, 11) is 0. The predicted molar refractivity (Wildman–Crippen MR) is 57.7 cm³/mol. The van der Waals surface area contributed by atoms with E-state index in [1.54, 1.807) is 12.3 Å². The molecule has 16 heavy (non-hydrogen) atoms. The van der Waals surface area contributed by atoms with Gasteiger partial charge in [-0.25, -0.2) is 4.39 Å². The number of ether oxygens (including phenoxy) is 1. The highest BCUT2D eigenvalue weighted by atomic mass is 19.1. The Kier molecular flexibility index (Phi) is 2.68. The van der Waals surface area contributed by atoms with E-state index in [-0.39, 0.29) is 11.6 Å². The van der Waals surface area contributed by atoms with Gasteiger partial charge in [-0.1, -0.05) is 0 Å². The molecule has 0 aliphatic carbocycles. The van der Waals surface area contributed by atoms with E-state index in [0.29, 0.717) is 5.69 Å². The van der Waals surface area contributed by atoms with Crippen LogP contribution in [0.5, 0.6) is 11.6 Å². The van der Waals surface area contributed by atoms with Crippen LogP contribution in [0.15, 0.2) is 30.5 Å². The average Bonchev–Trinajstić information content (AvgIpc) is 2.24. The normalized spacial score (nSPS) is 10.1. The zero-order valence-electron chi connectivity index (χ0n) is 8.64. The number of halogens is 1. The van der Waals surface area contributed by atoms with Crippen LogP contribution in [0, 0.1) is 12.7 Å². The summed E-state index contributed by atoms with van der Waals surface area (Å²) >= 11 is 0. The number of nitrogens with two attached hydrogens (primary N) is 1. The Morgan fingerprint density at radius 1 is 1.31 bits per heavy atom. The maximum absolute atomic E-state index is 13.0. The molecule has 2 rings (SSSR count). The van der Waals surface area contributed by atoms with Crippen molar-refractivity contribution in [1.82, 2.24) is 10.2 Å². The lowest BCUT2D eigenvalue weighted by Gasteiger charge is -2.06. The Hall–Kier alpha value is -2.17. The Labute approximate surface area is 91.9 Å². The maximum atomic E-state index is 13.0. The molecule has 0 atom stereocenters. The van der Waals surface area contributed by atoms with Gasteiger partial charge >= 0.3 is 0 Å².